The van der Waals surface area contributed by atoms with Crippen molar-refractivity contribution in [3.8, 4) is 11.5 Å². The lowest BCUT2D eigenvalue weighted by atomic mass is 9.99. The number of furan rings is 1. The molecule has 1 amide bonds. The van der Waals surface area contributed by atoms with Gasteiger partial charge in [0.2, 0.25) is 0 Å². The highest BCUT2D eigenvalue weighted by molar-refractivity contribution is 6.46. The molecule has 1 N–H and O–H groups in total. The van der Waals surface area contributed by atoms with Gasteiger partial charge in [-0.3, -0.25) is 9.59 Å². The van der Waals surface area contributed by atoms with Crippen LogP contribution in [0.5, 0.6) is 11.5 Å². The second-order valence-corrected chi connectivity index (χ2v) is 6.79. The summed E-state index contributed by atoms with van der Waals surface area (Å²) in [4.78, 5) is 26.9. The number of carbonyl (C=O) groups excluding carboxylic acids is 2. The number of nitrogens with zero attached hydrogens (tertiary/aromatic N) is 1. The minimum Gasteiger partial charge on any atom is -0.507 e. The molecular formula is C21H21NO7. The van der Waals surface area contributed by atoms with E-state index in [0.29, 0.717) is 41.8 Å². The van der Waals surface area contributed by atoms with Gasteiger partial charge in [0, 0.05) is 19.2 Å². The summed E-state index contributed by atoms with van der Waals surface area (Å²) in [5.41, 5.74) is 0.324. The highest BCUT2D eigenvalue weighted by Crippen LogP contribution is 2.41. The average Bonchev–Trinajstić information content (AvgIpc) is 3.27. The zero-order valence-corrected chi connectivity index (χ0v) is 16.1. The first-order valence-electron chi connectivity index (χ1n) is 9.25. The number of amides is 1. The summed E-state index contributed by atoms with van der Waals surface area (Å²) in [6.07, 6.45) is 0. The number of aliphatic hydroxyl groups excluding tert-OH is 1. The molecule has 8 heteroatoms. The largest absolute Gasteiger partial charge is 0.507 e. The van der Waals surface area contributed by atoms with E-state index in [1.165, 1.54) is 12.0 Å². The number of hydrogen-bond acceptors (Lipinski definition) is 7. The molecule has 0 aliphatic carbocycles. The molecule has 2 aromatic rings. The SMILES string of the molecule is COCCN1C(=O)C(=O)C(=C(O)c2ccc3c(c2)OCCO3)C1c1ccc(C)o1. The quantitative estimate of drug-likeness (QED) is 0.468. The van der Waals surface area contributed by atoms with Gasteiger partial charge < -0.3 is 28.6 Å². The van der Waals surface area contributed by atoms with E-state index in [1.807, 2.05) is 0 Å². The van der Waals surface area contributed by atoms with Crippen LogP contribution < -0.4 is 9.47 Å². The molecule has 1 aromatic carbocycles. The second kappa shape index (κ2) is 7.63. The first kappa shape index (κ1) is 19.1. The van der Waals surface area contributed by atoms with E-state index in [9.17, 15) is 14.7 Å². The Hall–Kier alpha value is -3.26. The predicted molar refractivity (Wildman–Crippen MR) is 102 cm³/mol. The van der Waals surface area contributed by atoms with Gasteiger partial charge in [-0.15, -0.1) is 0 Å². The number of aryl methyl sites for hydroxylation is 1. The number of likely N-dealkylation sites (tertiary alicyclic amines) is 1. The molecular weight excluding hydrogens is 378 g/mol. The second-order valence-electron chi connectivity index (χ2n) is 6.79. The molecule has 29 heavy (non-hydrogen) atoms. The summed E-state index contributed by atoms with van der Waals surface area (Å²) >= 11 is 0. The molecule has 1 aromatic heterocycles. The fourth-order valence-electron chi connectivity index (χ4n) is 3.54. The molecule has 4 rings (SSSR count). The topological polar surface area (TPSA) is 98.4 Å². The van der Waals surface area contributed by atoms with Crippen molar-refractivity contribution in [2.45, 2.75) is 13.0 Å². The number of rotatable bonds is 5. The number of Topliss-reactive ketones (excluding diaryl/α,β-unsaturated/α-hetero) is 1. The average molecular weight is 399 g/mol. The van der Waals surface area contributed by atoms with E-state index in [4.69, 9.17) is 18.6 Å². The van der Waals surface area contributed by atoms with Crippen molar-refractivity contribution >= 4 is 17.4 Å². The Bertz CT molecular complexity index is 991. The standard InChI is InChI=1S/C21H21NO7/c1-12-3-5-15(29-12)18-17(20(24)21(25)22(18)7-8-26-2)19(23)13-4-6-14-16(11-13)28-10-9-27-14/h3-6,11,18,23H,7-10H2,1-2H3. The Labute approximate surface area is 167 Å². The van der Waals surface area contributed by atoms with Crippen LogP contribution in [0.2, 0.25) is 0 Å². The van der Waals surface area contributed by atoms with Gasteiger partial charge in [0.1, 0.15) is 36.5 Å². The van der Waals surface area contributed by atoms with Crippen molar-refractivity contribution in [3.63, 3.8) is 0 Å². The summed E-state index contributed by atoms with van der Waals surface area (Å²) < 4.78 is 21.8. The summed E-state index contributed by atoms with van der Waals surface area (Å²) in [6.45, 7) is 3.04. The van der Waals surface area contributed by atoms with Gasteiger partial charge in [-0.2, -0.15) is 0 Å². The highest BCUT2D eigenvalue weighted by Gasteiger charge is 2.47. The van der Waals surface area contributed by atoms with Crippen molar-refractivity contribution in [1.82, 2.24) is 4.90 Å². The van der Waals surface area contributed by atoms with Crippen LogP contribution in [0.15, 0.2) is 40.3 Å². The summed E-state index contributed by atoms with van der Waals surface area (Å²) in [5.74, 6) is 0.298. The molecule has 2 aliphatic rings. The minimum absolute atomic E-state index is 0.0304. The third kappa shape index (κ3) is 3.36. The molecule has 1 unspecified atom stereocenters. The van der Waals surface area contributed by atoms with Crippen LogP contribution >= 0.6 is 0 Å². The fourth-order valence-corrected chi connectivity index (χ4v) is 3.54. The molecule has 152 valence electrons. The number of fused-ring (bicyclic) bond motifs is 1. The van der Waals surface area contributed by atoms with Crippen molar-refractivity contribution in [1.29, 1.82) is 0 Å². The monoisotopic (exact) mass is 399 g/mol. The number of ketones is 1. The molecule has 0 spiro atoms. The maximum atomic E-state index is 12.8. The van der Waals surface area contributed by atoms with Crippen LogP contribution in [0.1, 0.15) is 23.1 Å². The van der Waals surface area contributed by atoms with Crippen molar-refractivity contribution in [2.75, 3.05) is 33.5 Å². The molecule has 0 saturated carbocycles. The summed E-state index contributed by atoms with van der Waals surface area (Å²) in [6, 6.07) is 7.48. The smallest absolute Gasteiger partial charge is 0.295 e. The third-order valence-electron chi connectivity index (χ3n) is 4.92. The van der Waals surface area contributed by atoms with E-state index in [1.54, 1.807) is 37.3 Å². The lowest BCUT2D eigenvalue weighted by molar-refractivity contribution is -0.140. The number of methoxy groups -OCH3 is 1. The van der Waals surface area contributed by atoms with Crippen LogP contribution in [-0.2, 0) is 14.3 Å². The number of carbonyl (C=O) groups is 2. The summed E-state index contributed by atoms with van der Waals surface area (Å²) in [5, 5.41) is 11.0. The van der Waals surface area contributed by atoms with E-state index in [0.717, 1.165) is 0 Å². The number of benzene rings is 1. The molecule has 3 heterocycles. The Kier molecular flexibility index (Phi) is 5.02. The molecule has 8 nitrogen and oxygen atoms in total. The fraction of sp³-hybridized carbons (Fsp3) is 0.333. The zero-order chi connectivity index (χ0) is 20.5. The first-order valence-corrected chi connectivity index (χ1v) is 9.25. The van der Waals surface area contributed by atoms with Crippen LogP contribution in [0.4, 0.5) is 0 Å². The number of aliphatic hydroxyl groups is 1. The summed E-state index contributed by atoms with van der Waals surface area (Å²) in [7, 11) is 1.51. The minimum atomic E-state index is -0.841. The molecule has 0 bridgehead atoms. The van der Waals surface area contributed by atoms with Gasteiger partial charge in [-0.1, -0.05) is 0 Å². The number of hydrogen-bond donors (Lipinski definition) is 1. The van der Waals surface area contributed by atoms with Gasteiger partial charge in [0.15, 0.2) is 11.5 Å². The van der Waals surface area contributed by atoms with Crippen LogP contribution in [0, 0.1) is 6.92 Å². The van der Waals surface area contributed by atoms with Crippen LogP contribution in [0.25, 0.3) is 5.76 Å². The van der Waals surface area contributed by atoms with Gasteiger partial charge in [0.25, 0.3) is 11.7 Å². The Balaban J connectivity index is 1.82. The lowest BCUT2D eigenvalue weighted by Gasteiger charge is -2.23. The van der Waals surface area contributed by atoms with Crippen LogP contribution in [-0.4, -0.2) is 55.2 Å². The molecule has 1 atom stereocenters. The maximum Gasteiger partial charge on any atom is 0.295 e. The van der Waals surface area contributed by atoms with Crippen molar-refractivity contribution < 1.29 is 33.3 Å². The number of ether oxygens (including phenoxy) is 3. The highest BCUT2D eigenvalue weighted by atomic mass is 16.6. The Morgan fingerprint density at radius 1 is 1.17 bits per heavy atom. The molecule has 1 saturated heterocycles. The van der Waals surface area contributed by atoms with Crippen molar-refractivity contribution in [2.24, 2.45) is 0 Å². The van der Waals surface area contributed by atoms with E-state index in [-0.39, 0.29) is 24.5 Å². The Morgan fingerprint density at radius 3 is 2.62 bits per heavy atom. The van der Waals surface area contributed by atoms with Gasteiger partial charge in [0.05, 0.1) is 12.2 Å². The Morgan fingerprint density at radius 2 is 1.93 bits per heavy atom. The lowest BCUT2D eigenvalue weighted by Crippen LogP contribution is -2.32. The normalized spacial score (nSPS) is 20.3. The molecule has 1 fully saturated rings. The molecule has 0 radical (unpaired) electrons. The third-order valence-corrected chi connectivity index (χ3v) is 4.92. The zero-order valence-electron chi connectivity index (χ0n) is 16.1. The maximum absolute atomic E-state index is 12.8. The van der Waals surface area contributed by atoms with E-state index >= 15 is 0 Å². The van der Waals surface area contributed by atoms with Gasteiger partial charge in [-0.25, -0.2) is 0 Å². The van der Waals surface area contributed by atoms with Crippen LogP contribution in [0.3, 0.4) is 0 Å². The van der Waals surface area contributed by atoms with E-state index < -0.39 is 17.7 Å². The van der Waals surface area contributed by atoms with Gasteiger partial charge in [-0.05, 0) is 37.3 Å². The first-order chi connectivity index (χ1) is 14.0. The van der Waals surface area contributed by atoms with E-state index in [2.05, 4.69) is 0 Å². The van der Waals surface area contributed by atoms with Crippen molar-refractivity contribution in [3.05, 3.63) is 53.0 Å². The predicted octanol–water partition coefficient (Wildman–Crippen LogP) is 2.43. The van der Waals surface area contributed by atoms with Gasteiger partial charge >= 0.3 is 0 Å². The molecule has 2 aliphatic heterocycles.